The average Bonchev–Trinajstić information content (AvgIpc) is 3.15. The van der Waals surface area contributed by atoms with Crippen LogP contribution in [0.3, 0.4) is 0 Å². The lowest BCUT2D eigenvalue weighted by Crippen LogP contribution is -1.93. The van der Waals surface area contributed by atoms with E-state index in [1.165, 1.54) is 11.8 Å². The number of rotatable bonds is 2. The summed E-state index contributed by atoms with van der Waals surface area (Å²) in [6.07, 6.45) is 1.93. The van der Waals surface area contributed by atoms with E-state index in [2.05, 4.69) is 17.1 Å². The first-order chi connectivity index (χ1) is 10.8. The topological polar surface area (TPSA) is 32.9 Å². The molecule has 0 atom stereocenters. The Bertz CT molecular complexity index is 877. The number of aromatic amines is 1. The Morgan fingerprint density at radius 2 is 1.64 bits per heavy atom. The minimum atomic E-state index is 0.108. The zero-order valence-electron chi connectivity index (χ0n) is 11.7. The molecule has 1 aliphatic heterocycles. The quantitative estimate of drug-likeness (QED) is 0.675. The van der Waals surface area contributed by atoms with E-state index in [1.54, 1.807) is 0 Å². The van der Waals surface area contributed by atoms with Gasteiger partial charge < -0.3 is 4.98 Å². The summed E-state index contributed by atoms with van der Waals surface area (Å²) in [7, 11) is 0. The van der Waals surface area contributed by atoms with Gasteiger partial charge in [-0.05, 0) is 35.9 Å². The summed E-state index contributed by atoms with van der Waals surface area (Å²) < 4.78 is 0. The number of thioether (sulfide) groups is 1. The highest BCUT2D eigenvalue weighted by molar-refractivity contribution is 8.04. The molecule has 0 amide bonds. The third-order valence-corrected chi connectivity index (χ3v) is 4.75. The van der Waals surface area contributed by atoms with Gasteiger partial charge in [0, 0.05) is 21.8 Å². The molecule has 3 aromatic rings. The van der Waals surface area contributed by atoms with E-state index in [-0.39, 0.29) is 5.78 Å². The summed E-state index contributed by atoms with van der Waals surface area (Å²) >= 11 is 1.54. The number of aromatic nitrogens is 1. The zero-order chi connectivity index (χ0) is 14.9. The number of H-pyrrole nitrogens is 1. The highest BCUT2D eigenvalue weighted by atomic mass is 32.2. The van der Waals surface area contributed by atoms with Gasteiger partial charge in [-0.1, -0.05) is 54.2 Å². The number of Topliss-reactive ketones (excluding diaryl/α,β-unsaturated/α-hetero) is 1. The Hall–Kier alpha value is -2.52. The first-order valence-electron chi connectivity index (χ1n) is 7.09. The van der Waals surface area contributed by atoms with Crippen molar-refractivity contribution in [1.29, 1.82) is 0 Å². The third kappa shape index (κ3) is 2.30. The molecule has 2 heterocycles. The number of carbonyl (C=O) groups excluding carboxylic acids is 1. The van der Waals surface area contributed by atoms with Crippen LogP contribution in [0.1, 0.15) is 16.1 Å². The number of benzene rings is 2. The van der Waals surface area contributed by atoms with Crippen molar-refractivity contribution in [3.8, 4) is 11.3 Å². The summed E-state index contributed by atoms with van der Waals surface area (Å²) in [6.45, 7) is 0. The van der Waals surface area contributed by atoms with E-state index >= 15 is 0 Å². The number of allylic oxidation sites excluding steroid dienone is 1. The predicted molar refractivity (Wildman–Crippen MR) is 90.8 cm³/mol. The van der Waals surface area contributed by atoms with Crippen LogP contribution in [0.5, 0.6) is 0 Å². The summed E-state index contributed by atoms with van der Waals surface area (Å²) in [5.74, 6) is 0.108. The fourth-order valence-electron chi connectivity index (χ4n) is 2.56. The molecule has 0 fully saturated rings. The number of ketones is 1. The van der Waals surface area contributed by atoms with Crippen molar-refractivity contribution < 1.29 is 4.79 Å². The minimum Gasteiger partial charge on any atom is -0.355 e. The molecule has 0 saturated carbocycles. The van der Waals surface area contributed by atoms with Crippen LogP contribution in [-0.4, -0.2) is 10.8 Å². The summed E-state index contributed by atoms with van der Waals surface area (Å²) in [4.78, 5) is 17.5. The normalized spacial score (nSPS) is 15.3. The molecule has 106 valence electrons. The maximum atomic E-state index is 12.4. The van der Waals surface area contributed by atoms with Crippen molar-refractivity contribution in [1.82, 2.24) is 4.98 Å². The minimum absolute atomic E-state index is 0.108. The molecule has 0 radical (unpaired) electrons. The molecule has 0 bridgehead atoms. The van der Waals surface area contributed by atoms with Crippen LogP contribution in [0, 0.1) is 0 Å². The van der Waals surface area contributed by atoms with E-state index in [0.29, 0.717) is 0 Å². The van der Waals surface area contributed by atoms with Crippen molar-refractivity contribution in [2.24, 2.45) is 0 Å². The predicted octanol–water partition coefficient (Wildman–Crippen LogP) is 5.01. The second kappa shape index (κ2) is 5.35. The molecule has 3 heteroatoms. The van der Waals surface area contributed by atoms with Crippen LogP contribution in [0.15, 0.2) is 76.5 Å². The average molecular weight is 303 g/mol. The molecule has 2 aromatic carbocycles. The number of carbonyl (C=O) groups is 1. The molecule has 1 aromatic heterocycles. The van der Waals surface area contributed by atoms with Crippen molar-refractivity contribution in [2.45, 2.75) is 4.90 Å². The molecule has 0 aliphatic carbocycles. The molecule has 1 aliphatic rings. The molecule has 0 spiro atoms. The summed E-state index contributed by atoms with van der Waals surface area (Å²) in [6, 6.07) is 21.9. The summed E-state index contributed by atoms with van der Waals surface area (Å²) in [5, 5.41) is 0. The summed E-state index contributed by atoms with van der Waals surface area (Å²) in [5.41, 5.74) is 3.94. The van der Waals surface area contributed by atoms with Gasteiger partial charge in [0.15, 0.2) is 0 Å². The fraction of sp³-hybridized carbons (Fsp3) is 0. The first kappa shape index (κ1) is 13.2. The smallest absolute Gasteiger partial charge is 0.200 e. The van der Waals surface area contributed by atoms with Gasteiger partial charge in [0.2, 0.25) is 5.78 Å². The van der Waals surface area contributed by atoms with Crippen LogP contribution in [-0.2, 0) is 0 Å². The second-order valence-electron chi connectivity index (χ2n) is 5.13. The lowest BCUT2D eigenvalue weighted by molar-refractivity contribution is 0.104. The van der Waals surface area contributed by atoms with Crippen LogP contribution in [0.4, 0.5) is 0 Å². The van der Waals surface area contributed by atoms with Crippen LogP contribution < -0.4 is 0 Å². The number of hydrogen-bond donors (Lipinski definition) is 1. The van der Waals surface area contributed by atoms with Gasteiger partial charge in [0.05, 0.1) is 4.91 Å². The Labute approximate surface area is 132 Å². The van der Waals surface area contributed by atoms with Gasteiger partial charge in [0.1, 0.15) is 0 Å². The Morgan fingerprint density at radius 1 is 0.864 bits per heavy atom. The lowest BCUT2D eigenvalue weighted by atomic mass is 10.1. The molecule has 0 unspecified atom stereocenters. The van der Waals surface area contributed by atoms with Crippen molar-refractivity contribution in [3.05, 3.63) is 82.9 Å². The van der Waals surface area contributed by atoms with Gasteiger partial charge in [-0.2, -0.15) is 0 Å². The third-order valence-electron chi connectivity index (χ3n) is 3.66. The van der Waals surface area contributed by atoms with Gasteiger partial charge in [-0.25, -0.2) is 0 Å². The standard InChI is InChI=1S/C19H13NOS/c21-19-15-8-4-5-9-17(15)22-18(19)12-14-10-11-16(20-14)13-6-2-1-3-7-13/h1-12,20H/b18-12+. The van der Waals surface area contributed by atoms with Crippen LogP contribution >= 0.6 is 11.8 Å². The second-order valence-corrected chi connectivity index (χ2v) is 6.21. The van der Waals surface area contributed by atoms with E-state index in [1.807, 2.05) is 60.7 Å². The SMILES string of the molecule is O=C1/C(=C\c2ccc(-c3ccccc3)[nH]2)Sc2ccccc21. The van der Waals surface area contributed by atoms with E-state index < -0.39 is 0 Å². The molecule has 0 saturated heterocycles. The molecule has 4 rings (SSSR count). The molecule has 1 N–H and O–H groups in total. The van der Waals surface area contributed by atoms with Crippen LogP contribution in [0.25, 0.3) is 17.3 Å². The van der Waals surface area contributed by atoms with Crippen molar-refractivity contribution in [3.63, 3.8) is 0 Å². The maximum absolute atomic E-state index is 12.4. The van der Waals surface area contributed by atoms with Gasteiger partial charge >= 0.3 is 0 Å². The number of nitrogens with one attached hydrogen (secondary N) is 1. The van der Waals surface area contributed by atoms with Crippen molar-refractivity contribution >= 4 is 23.6 Å². The molecule has 2 nitrogen and oxygen atoms in total. The Balaban J connectivity index is 1.65. The van der Waals surface area contributed by atoms with E-state index in [4.69, 9.17) is 0 Å². The maximum Gasteiger partial charge on any atom is 0.200 e. The first-order valence-corrected chi connectivity index (χ1v) is 7.90. The van der Waals surface area contributed by atoms with Gasteiger partial charge in [-0.3, -0.25) is 4.79 Å². The van der Waals surface area contributed by atoms with E-state index in [9.17, 15) is 4.79 Å². The zero-order valence-corrected chi connectivity index (χ0v) is 12.6. The number of fused-ring (bicyclic) bond motifs is 1. The highest BCUT2D eigenvalue weighted by Gasteiger charge is 2.25. The highest BCUT2D eigenvalue weighted by Crippen LogP contribution is 2.40. The van der Waals surface area contributed by atoms with E-state index in [0.717, 1.165) is 32.3 Å². The monoisotopic (exact) mass is 303 g/mol. The van der Waals surface area contributed by atoms with Crippen LogP contribution in [0.2, 0.25) is 0 Å². The Kier molecular flexibility index (Phi) is 3.20. The molecular formula is C19H13NOS. The molecular weight excluding hydrogens is 290 g/mol. The van der Waals surface area contributed by atoms with Crippen molar-refractivity contribution in [2.75, 3.05) is 0 Å². The largest absolute Gasteiger partial charge is 0.355 e. The van der Waals surface area contributed by atoms with Gasteiger partial charge in [-0.15, -0.1) is 0 Å². The molecule has 22 heavy (non-hydrogen) atoms. The fourth-order valence-corrected chi connectivity index (χ4v) is 3.60. The lowest BCUT2D eigenvalue weighted by Gasteiger charge is -1.97. The Morgan fingerprint density at radius 3 is 2.45 bits per heavy atom. The van der Waals surface area contributed by atoms with Gasteiger partial charge in [0.25, 0.3) is 0 Å². The number of hydrogen-bond acceptors (Lipinski definition) is 2.